The Hall–Kier alpha value is -1.46. The number of hydrogen-bond acceptors (Lipinski definition) is 5. The van der Waals surface area contributed by atoms with Crippen LogP contribution in [0.3, 0.4) is 0 Å². The molecule has 4 nitrogen and oxygen atoms in total. The smallest absolute Gasteiger partial charge is 0.379 e. The number of esters is 1. The number of fused-ring (bicyclic) bond motifs is 1. The molecule has 0 radical (unpaired) electrons. The first-order chi connectivity index (χ1) is 8.54. The maximum Gasteiger partial charge on any atom is 0.379 e. The van der Waals surface area contributed by atoms with Crippen LogP contribution in [0.1, 0.15) is 5.56 Å². The second-order valence-electron chi connectivity index (χ2n) is 3.56. The fourth-order valence-electron chi connectivity index (χ4n) is 1.57. The summed E-state index contributed by atoms with van der Waals surface area (Å²) in [4.78, 5) is 23.6. The standard InChI is InChI=1S/C12H9ClO4S/c1-17-12(16)11(15)8-5-18-9-3-2-6(13)4-7(9)10(8)14/h2-4,14H,5H2,1H3/p-1. The molecule has 1 aliphatic rings. The van der Waals surface area contributed by atoms with Crippen molar-refractivity contribution in [3.63, 3.8) is 0 Å². The molecule has 18 heavy (non-hydrogen) atoms. The molecule has 0 saturated heterocycles. The zero-order chi connectivity index (χ0) is 13.3. The van der Waals surface area contributed by atoms with E-state index in [4.69, 9.17) is 11.6 Å². The maximum absolute atomic E-state index is 12.1. The van der Waals surface area contributed by atoms with Crippen LogP contribution < -0.4 is 5.11 Å². The molecular weight excluding hydrogens is 276 g/mol. The first kappa shape index (κ1) is 13.0. The number of thioether (sulfide) groups is 1. The number of Topliss-reactive ketones (excluding diaryl/α,β-unsaturated/α-hetero) is 1. The van der Waals surface area contributed by atoms with E-state index in [0.29, 0.717) is 10.6 Å². The van der Waals surface area contributed by atoms with Crippen LogP contribution in [0.15, 0.2) is 28.7 Å². The summed E-state index contributed by atoms with van der Waals surface area (Å²) in [5, 5.41) is 12.5. The lowest BCUT2D eigenvalue weighted by molar-refractivity contribution is -0.245. The third-order valence-electron chi connectivity index (χ3n) is 2.48. The number of ketones is 1. The molecule has 94 valence electrons. The number of methoxy groups -OCH3 is 1. The van der Waals surface area contributed by atoms with Gasteiger partial charge in [-0.15, -0.1) is 11.8 Å². The first-order valence-corrected chi connectivity index (χ1v) is 6.36. The number of benzene rings is 1. The average Bonchev–Trinajstić information content (AvgIpc) is 2.38. The van der Waals surface area contributed by atoms with Crippen molar-refractivity contribution in [3.8, 4) is 0 Å². The van der Waals surface area contributed by atoms with Gasteiger partial charge in [-0.1, -0.05) is 17.4 Å². The molecule has 6 heteroatoms. The Morgan fingerprint density at radius 2 is 2.17 bits per heavy atom. The summed E-state index contributed by atoms with van der Waals surface area (Å²) in [7, 11) is 1.10. The van der Waals surface area contributed by atoms with Crippen molar-refractivity contribution in [1.29, 1.82) is 0 Å². The van der Waals surface area contributed by atoms with Gasteiger partial charge in [-0.3, -0.25) is 4.79 Å². The van der Waals surface area contributed by atoms with Gasteiger partial charge in [-0.25, -0.2) is 4.79 Å². The number of hydrogen-bond donors (Lipinski definition) is 0. The molecule has 0 bridgehead atoms. The second kappa shape index (κ2) is 5.04. The third-order valence-corrected chi connectivity index (χ3v) is 3.81. The Morgan fingerprint density at radius 3 is 2.83 bits per heavy atom. The van der Waals surface area contributed by atoms with Crippen molar-refractivity contribution in [2.24, 2.45) is 0 Å². The molecule has 1 aromatic carbocycles. The van der Waals surface area contributed by atoms with Crippen LogP contribution in [0, 0.1) is 0 Å². The third kappa shape index (κ3) is 2.23. The van der Waals surface area contributed by atoms with Crippen LogP contribution in [0.25, 0.3) is 5.76 Å². The molecule has 1 aliphatic heterocycles. The van der Waals surface area contributed by atoms with Gasteiger partial charge < -0.3 is 9.84 Å². The number of carbonyl (C=O) groups is 2. The number of ether oxygens (including phenoxy) is 1. The normalized spacial score (nSPS) is 14.1. The lowest BCUT2D eigenvalue weighted by atomic mass is 10.1. The van der Waals surface area contributed by atoms with Crippen molar-refractivity contribution in [1.82, 2.24) is 0 Å². The Kier molecular flexibility index (Phi) is 3.63. The van der Waals surface area contributed by atoms with Crippen LogP contribution >= 0.6 is 23.4 Å². The van der Waals surface area contributed by atoms with Crippen LogP contribution in [0.4, 0.5) is 0 Å². The molecule has 0 unspecified atom stereocenters. The molecule has 0 aromatic heterocycles. The lowest BCUT2D eigenvalue weighted by Gasteiger charge is -2.25. The van der Waals surface area contributed by atoms with Gasteiger partial charge in [0, 0.05) is 21.2 Å². The second-order valence-corrected chi connectivity index (χ2v) is 5.01. The fraction of sp³-hybridized carbons (Fsp3) is 0.167. The van der Waals surface area contributed by atoms with Crippen LogP contribution in [-0.2, 0) is 14.3 Å². The van der Waals surface area contributed by atoms with Crippen LogP contribution in [0.5, 0.6) is 0 Å². The van der Waals surface area contributed by atoms with E-state index in [9.17, 15) is 14.7 Å². The molecule has 0 amide bonds. The van der Waals surface area contributed by atoms with Gasteiger partial charge in [-0.2, -0.15) is 0 Å². The molecule has 0 aliphatic carbocycles. The van der Waals surface area contributed by atoms with Gasteiger partial charge in [-0.05, 0) is 23.8 Å². The molecular formula is C12H8ClO4S-. The SMILES string of the molecule is COC(=O)C(=O)C1=C([O-])c2cc(Cl)ccc2SC1. The van der Waals surface area contributed by atoms with Crippen molar-refractivity contribution < 1.29 is 19.4 Å². The molecule has 1 heterocycles. The van der Waals surface area contributed by atoms with Crippen molar-refractivity contribution in [2.45, 2.75) is 4.90 Å². The largest absolute Gasteiger partial charge is 0.872 e. The van der Waals surface area contributed by atoms with Gasteiger partial charge in [0.15, 0.2) is 0 Å². The Morgan fingerprint density at radius 1 is 1.44 bits per heavy atom. The lowest BCUT2D eigenvalue weighted by Crippen LogP contribution is -2.25. The van der Waals surface area contributed by atoms with E-state index in [0.717, 1.165) is 12.0 Å². The van der Waals surface area contributed by atoms with Crippen molar-refractivity contribution in [3.05, 3.63) is 34.4 Å². The number of carbonyl (C=O) groups excluding carboxylic acids is 2. The minimum atomic E-state index is -1.02. The van der Waals surface area contributed by atoms with Crippen LogP contribution in [-0.4, -0.2) is 24.6 Å². The number of halogens is 1. The van der Waals surface area contributed by atoms with E-state index in [1.54, 1.807) is 12.1 Å². The Labute approximate surface area is 113 Å². The molecule has 0 fully saturated rings. The van der Waals surface area contributed by atoms with Crippen molar-refractivity contribution >= 4 is 40.9 Å². The molecule has 0 atom stereocenters. The van der Waals surface area contributed by atoms with E-state index in [2.05, 4.69) is 4.74 Å². The molecule has 0 spiro atoms. The van der Waals surface area contributed by atoms with Gasteiger partial charge in [0.05, 0.1) is 7.11 Å². The summed E-state index contributed by atoms with van der Waals surface area (Å²) in [5.74, 6) is -2.20. The summed E-state index contributed by atoms with van der Waals surface area (Å²) < 4.78 is 4.33. The number of rotatable bonds is 2. The Balaban J connectivity index is 2.48. The van der Waals surface area contributed by atoms with E-state index in [1.807, 2.05) is 0 Å². The first-order valence-electron chi connectivity index (χ1n) is 5.00. The average molecular weight is 284 g/mol. The maximum atomic E-state index is 12.1. The summed E-state index contributed by atoms with van der Waals surface area (Å²) in [6, 6.07) is 4.89. The summed E-state index contributed by atoms with van der Waals surface area (Å²) >= 11 is 7.13. The van der Waals surface area contributed by atoms with E-state index < -0.39 is 17.5 Å². The highest BCUT2D eigenvalue weighted by Gasteiger charge is 2.24. The zero-order valence-electron chi connectivity index (χ0n) is 9.36. The van der Waals surface area contributed by atoms with Gasteiger partial charge in [0.1, 0.15) is 0 Å². The summed E-state index contributed by atoms with van der Waals surface area (Å²) in [5.41, 5.74) is 0.285. The highest BCUT2D eigenvalue weighted by atomic mass is 35.5. The minimum absolute atomic E-state index is 0.0679. The van der Waals surface area contributed by atoms with Gasteiger partial charge in [0.2, 0.25) is 0 Å². The highest BCUT2D eigenvalue weighted by Crippen LogP contribution is 2.36. The highest BCUT2D eigenvalue weighted by molar-refractivity contribution is 7.99. The molecule has 0 N–H and O–H groups in total. The van der Waals surface area contributed by atoms with E-state index >= 15 is 0 Å². The fourth-order valence-corrected chi connectivity index (χ4v) is 2.77. The summed E-state index contributed by atoms with van der Waals surface area (Å²) in [6.45, 7) is 0. The quantitative estimate of drug-likeness (QED) is 0.604. The Bertz CT molecular complexity index is 565. The van der Waals surface area contributed by atoms with Crippen molar-refractivity contribution in [2.75, 3.05) is 12.9 Å². The zero-order valence-corrected chi connectivity index (χ0v) is 10.9. The van der Waals surface area contributed by atoms with Gasteiger partial charge >= 0.3 is 5.97 Å². The van der Waals surface area contributed by atoms with E-state index in [1.165, 1.54) is 17.8 Å². The van der Waals surface area contributed by atoms with Gasteiger partial charge in [0.25, 0.3) is 5.78 Å². The van der Waals surface area contributed by atoms with E-state index in [-0.39, 0.29) is 11.3 Å². The minimum Gasteiger partial charge on any atom is -0.872 e. The summed E-state index contributed by atoms with van der Waals surface area (Å²) in [6.07, 6.45) is 0. The monoisotopic (exact) mass is 283 g/mol. The topological polar surface area (TPSA) is 66.4 Å². The molecule has 0 saturated carbocycles. The van der Waals surface area contributed by atoms with Crippen LogP contribution in [0.2, 0.25) is 5.02 Å². The molecule has 2 rings (SSSR count). The predicted molar refractivity (Wildman–Crippen MR) is 66.1 cm³/mol. The molecule has 1 aromatic rings. The predicted octanol–water partition coefficient (Wildman–Crippen LogP) is 1.26.